The lowest BCUT2D eigenvalue weighted by Crippen LogP contribution is -2.32. The van der Waals surface area contributed by atoms with Gasteiger partial charge in [-0.25, -0.2) is 14.7 Å². The molecule has 0 aliphatic rings. The lowest BCUT2D eigenvalue weighted by atomic mass is 10.1. The van der Waals surface area contributed by atoms with Gasteiger partial charge in [0.2, 0.25) is 0 Å². The standard InChI is InChI=1S/C11H10NO5/c1-2-17-11(16)12-9(13)7-5-3-4-6-8(7)10(14)15/h3-6H,2H2,1H3,(H,12,13,16). The van der Waals surface area contributed by atoms with Crippen LogP contribution < -0.4 is 5.32 Å². The van der Waals surface area contributed by atoms with E-state index in [1.807, 2.05) is 5.32 Å². The monoisotopic (exact) mass is 236 g/mol. The molecule has 89 valence electrons. The maximum Gasteiger partial charge on any atom is 0.414 e. The molecule has 1 N–H and O–H groups in total. The van der Waals surface area contributed by atoms with E-state index in [0.29, 0.717) is 0 Å². The molecule has 1 aromatic rings. The lowest BCUT2D eigenvalue weighted by molar-refractivity contribution is 0.0568. The molecule has 2 amide bonds. The Kier molecular flexibility index (Phi) is 4.21. The number of alkyl carbamates (subject to hydrolysis) is 1. The summed E-state index contributed by atoms with van der Waals surface area (Å²) >= 11 is 0. The fourth-order valence-corrected chi connectivity index (χ4v) is 1.19. The van der Waals surface area contributed by atoms with Crippen LogP contribution in [0.4, 0.5) is 4.79 Å². The zero-order chi connectivity index (χ0) is 12.8. The van der Waals surface area contributed by atoms with Crippen LogP contribution in [0.2, 0.25) is 0 Å². The van der Waals surface area contributed by atoms with Crippen molar-refractivity contribution in [3.63, 3.8) is 0 Å². The number of carbonyl (C=O) groups is 3. The van der Waals surface area contributed by atoms with Crippen LogP contribution in [0.15, 0.2) is 24.3 Å². The van der Waals surface area contributed by atoms with Crippen LogP contribution >= 0.6 is 0 Å². The molecule has 0 aliphatic heterocycles. The first-order chi connectivity index (χ1) is 8.06. The van der Waals surface area contributed by atoms with Gasteiger partial charge in [-0.05, 0) is 19.1 Å². The molecule has 0 saturated carbocycles. The predicted octanol–water partition coefficient (Wildman–Crippen LogP) is 1.14. The molecule has 17 heavy (non-hydrogen) atoms. The molecule has 0 spiro atoms. The molecule has 0 heterocycles. The van der Waals surface area contributed by atoms with Gasteiger partial charge in [0.15, 0.2) is 0 Å². The first-order valence-electron chi connectivity index (χ1n) is 4.84. The Morgan fingerprint density at radius 2 is 1.76 bits per heavy atom. The molecule has 0 aromatic heterocycles. The van der Waals surface area contributed by atoms with Gasteiger partial charge in [0.1, 0.15) is 0 Å². The van der Waals surface area contributed by atoms with Gasteiger partial charge in [0.25, 0.3) is 5.91 Å². The van der Waals surface area contributed by atoms with E-state index in [0.717, 1.165) is 0 Å². The first kappa shape index (κ1) is 12.7. The lowest BCUT2D eigenvalue weighted by Gasteiger charge is -2.05. The molecule has 0 aliphatic carbocycles. The molecule has 6 nitrogen and oxygen atoms in total. The van der Waals surface area contributed by atoms with Crippen molar-refractivity contribution in [2.45, 2.75) is 6.92 Å². The molecule has 1 rings (SSSR count). The van der Waals surface area contributed by atoms with Crippen molar-refractivity contribution in [1.82, 2.24) is 5.32 Å². The fraction of sp³-hybridized carbons (Fsp3) is 0.182. The number of carbonyl (C=O) groups excluding carboxylic acids is 3. The molecule has 6 heteroatoms. The topological polar surface area (TPSA) is 92.4 Å². The second-order valence-electron chi connectivity index (χ2n) is 3.01. The van der Waals surface area contributed by atoms with Crippen molar-refractivity contribution < 1.29 is 24.2 Å². The van der Waals surface area contributed by atoms with E-state index < -0.39 is 18.0 Å². The second kappa shape index (κ2) is 5.64. The number of imide groups is 1. The molecule has 1 aromatic carbocycles. The number of amides is 2. The van der Waals surface area contributed by atoms with E-state index >= 15 is 0 Å². The largest absolute Gasteiger partial charge is 0.450 e. The third kappa shape index (κ3) is 3.30. The molecule has 0 atom stereocenters. The van der Waals surface area contributed by atoms with E-state index in [9.17, 15) is 19.5 Å². The minimum atomic E-state index is -1.49. The van der Waals surface area contributed by atoms with Gasteiger partial charge in [-0.3, -0.25) is 10.1 Å². The summed E-state index contributed by atoms with van der Waals surface area (Å²) in [5, 5.41) is 12.6. The summed E-state index contributed by atoms with van der Waals surface area (Å²) in [6.07, 6.45) is -0.925. The number of hydrogen-bond acceptors (Lipinski definition) is 4. The van der Waals surface area contributed by atoms with Crippen molar-refractivity contribution in [2.75, 3.05) is 6.61 Å². The summed E-state index contributed by atoms with van der Waals surface area (Å²) in [5.41, 5.74) is -0.435. The zero-order valence-corrected chi connectivity index (χ0v) is 9.06. The summed E-state index contributed by atoms with van der Waals surface area (Å²) < 4.78 is 4.50. The molecule has 0 bridgehead atoms. The summed E-state index contributed by atoms with van der Waals surface area (Å²) in [6, 6.07) is 5.42. The highest BCUT2D eigenvalue weighted by Gasteiger charge is 2.18. The Hall–Kier alpha value is -2.37. The van der Waals surface area contributed by atoms with Crippen molar-refractivity contribution in [2.24, 2.45) is 0 Å². The van der Waals surface area contributed by atoms with E-state index in [2.05, 4.69) is 4.74 Å². The summed E-state index contributed by atoms with van der Waals surface area (Å²) in [4.78, 5) is 33.3. The van der Waals surface area contributed by atoms with Gasteiger partial charge < -0.3 is 4.74 Å². The van der Waals surface area contributed by atoms with Crippen LogP contribution in [-0.2, 0) is 9.84 Å². The van der Waals surface area contributed by atoms with E-state index in [1.165, 1.54) is 24.3 Å². The molecule has 0 fully saturated rings. The number of ether oxygens (including phenoxy) is 1. The Bertz CT molecular complexity index is 455. The normalized spacial score (nSPS) is 9.47. The van der Waals surface area contributed by atoms with Crippen LogP contribution in [-0.4, -0.2) is 24.6 Å². The highest BCUT2D eigenvalue weighted by atomic mass is 16.5. The SMILES string of the molecule is CCOC(=O)NC(=O)c1ccccc1C([O])=O. The molecule has 0 saturated heterocycles. The second-order valence-corrected chi connectivity index (χ2v) is 3.01. The summed E-state index contributed by atoms with van der Waals surface area (Å²) in [5.74, 6) is -2.33. The molecule has 1 radical (unpaired) electrons. The number of nitrogens with one attached hydrogen (secondary N) is 1. The minimum Gasteiger partial charge on any atom is -0.450 e. The van der Waals surface area contributed by atoms with Gasteiger partial charge in [0, 0.05) is 0 Å². The fourth-order valence-electron chi connectivity index (χ4n) is 1.19. The van der Waals surface area contributed by atoms with E-state index in [-0.39, 0.29) is 17.7 Å². The van der Waals surface area contributed by atoms with Gasteiger partial charge in [-0.1, -0.05) is 12.1 Å². The van der Waals surface area contributed by atoms with Crippen molar-refractivity contribution >= 4 is 18.0 Å². The first-order valence-corrected chi connectivity index (χ1v) is 4.84. The Balaban J connectivity index is 2.89. The molecular formula is C11H10NO5. The van der Waals surface area contributed by atoms with Gasteiger partial charge in [0.05, 0.1) is 17.7 Å². The minimum absolute atomic E-state index is 0.112. The maximum atomic E-state index is 11.6. The molecular weight excluding hydrogens is 226 g/mol. The average Bonchev–Trinajstić information content (AvgIpc) is 2.29. The summed E-state index contributed by atoms with van der Waals surface area (Å²) in [6.45, 7) is 1.69. The maximum absolute atomic E-state index is 11.6. The smallest absolute Gasteiger partial charge is 0.414 e. The Labute approximate surface area is 97.2 Å². The average molecular weight is 236 g/mol. The van der Waals surface area contributed by atoms with Crippen LogP contribution in [0.1, 0.15) is 27.6 Å². The van der Waals surface area contributed by atoms with Crippen molar-refractivity contribution in [1.29, 1.82) is 0 Å². The third-order valence-electron chi connectivity index (χ3n) is 1.88. The van der Waals surface area contributed by atoms with Crippen molar-refractivity contribution in [3.05, 3.63) is 35.4 Å². The zero-order valence-electron chi connectivity index (χ0n) is 9.06. The third-order valence-corrected chi connectivity index (χ3v) is 1.88. The van der Waals surface area contributed by atoms with Gasteiger partial charge in [-0.15, -0.1) is 0 Å². The highest BCUT2D eigenvalue weighted by Crippen LogP contribution is 2.08. The van der Waals surface area contributed by atoms with Crippen molar-refractivity contribution in [3.8, 4) is 0 Å². The van der Waals surface area contributed by atoms with Crippen LogP contribution in [0.5, 0.6) is 0 Å². The quantitative estimate of drug-likeness (QED) is 0.851. The number of hydrogen-bond donors (Lipinski definition) is 1. The highest BCUT2D eigenvalue weighted by molar-refractivity contribution is 6.09. The van der Waals surface area contributed by atoms with E-state index in [4.69, 9.17) is 0 Å². The van der Waals surface area contributed by atoms with E-state index in [1.54, 1.807) is 6.92 Å². The van der Waals surface area contributed by atoms with Crippen LogP contribution in [0.25, 0.3) is 0 Å². The Morgan fingerprint density at radius 1 is 1.18 bits per heavy atom. The predicted molar refractivity (Wildman–Crippen MR) is 55.9 cm³/mol. The van der Waals surface area contributed by atoms with Crippen LogP contribution in [0, 0.1) is 0 Å². The molecule has 0 unspecified atom stereocenters. The van der Waals surface area contributed by atoms with Gasteiger partial charge >= 0.3 is 12.1 Å². The van der Waals surface area contributed by atoms with Crippen LogP contribution in [0.3, 0.4) is 0 Å². The number of benzene rings is 1. The Morgan fingerprint density at radius 3 is 2.29 bits per heavy atom. The van der Waals surface area contributed by atoms with Gasteiger partial charge in [-0.2, -0.15) is 0 Å². The summed E-state index contributed by atoms with van der Waals surface area (Å²) in [7, 11) is 0. The number of rotatable bonds is 3.